The standard InChI is InChI=1S/C11H23NO2/c1-6-11(5,8-10(3,4)12)9(13)14-7-2/h6-8,12H2,1-5H3. The molecule has 0 aliphatic rings. The Morgan fingerprint density at radius 2 is 1.79 bits per heavy atom. The number of carbonyl (C=O) groups is 1. The first kappa shape index (κ1) is 13.4. The van der Waals surface area contributed by atoms with Crippen LogP contribution in [0.3, 0.4) is 0 Å². The molecule has 0 bridgehead atoms. The molecule has 0 amide bonds. The van der Waals surface area contributed by atoms with Gasteiger partial charge >= 0.3 is 5.97 Å². The van der Waals surface area contributed by atoms with E-state index in [9.17, 15) is 4.79 Å². The molecule has 0 spiro atoms. The summed E-state index contributed by atoms with van der Waals surface area (Å²) in [5, 5.41) is 0. The van der Waals surface area contributed by atoms with Gasteiger partial charge in [-0.15, -0.1) is 0 Å². The first-order chi connectivity index (χ1) is 6.25. The normalized spacial score (nSPS) is 16.1. The van der Waals surface area contributed by atoms with Crippen molar-refractivity contribution in [2.75, 3.05) is 6.61 Å². The lowest BCUT2D eigenvalue weighted by atomic mass is 9.77. The molecule has 0 rings (SSSR count). The minimum Gasteiger partial charge on any atom is -0.466 e. The van der Waals surface area contributed by atoms with Gasteiger partial charge in [-0.25, -0.2) is 0 Å². The summed E-state index contributed by atoms with van der Waals surface area (Å²) >= 11 is 0. The van der Waals surface area contributed by atoms with Crippen molar-refractivity contribution in [3.05, 3.63) is 0 Å². The summed E-state index contributed by atoms with van der Waals surface area (Å²) in [5.41, 5.74) is 5.14. The topological polar surface area (TPSA) is 52.3 Å². The van der Waals surface area contributed by atoms with Crippen molar-refractivity contribution in [3.63, 3.8) is 0 Å². The predicted molar refractivity (Wildman–Crippen MR) is 57.9 cm³/mol. The van der Waals surface area contributed by atoms with Crippen molar-refractivity contribution in [2.45, 2.75) is 53.0 Å². The van der Waals surface area contributed by atoms with E-state index in [0.29, 0.717) is 13.0 Å². The summed E-state index contributed by atoms with van der Waals surface area (Å²) in [7, 11) is 0. The van der Waals surface area contributed by atoms with Crippen LogP contribution in [-0.2, 0) is 9.53 Å². The molecule has 14 heavy (non-hydrogen) atoms. The van der Waals surface area contributed by atoms with Gasteiger partial charge in [0.1, 0.15) is 0 Å². The van der Waals surface area contributed by atoms with Crippen LogP contribution >= 0.6 is 0 Å². The van der Waals surface area contributed by atoms with Gasteiger partial charge in [0.15, 0.2) is 0 Å². The number of nitrogens with two attached hydrogens (primary N) is 1. The van der Waals surface area contributed by atoms with Gasteiger partial charge in [0.2, 0.25) is 0 Å². The average Bonchev–Trinajstić information content (AvgIpc) is 2.01. The lowest BCUT2D eigenvalue weighted by Gasteiger charge is -2.32. The highest BCUT2D eigenvalue weighted by Gasteiger charge is 2.36. The molecular formula is C11H23NO2. The molecule has 3 nitrogen and oxygen atoms in total. The molecule has 0 saturated carbocycles. The molecule has 0 fully saturated rings. The molecule has 0 aliphatic heterocycles. The summed E-state index contributed by atoms with van der Waals surface area (Å²) < 4.78 is 5.05. The Morgan fingerprint density at radius 1 is 1.29 bits per heavy atom. The third-order valence-electron chi connectivity index (χ3n) is 2.39. The van der Waals surface area contributed by atoms with Crippen molar-refractivity contribution in [2.24, 2.45) is 11.1 Å². The van der Waals surface area contributed by atoms with Crippen molar-refractivity contribution in [1.29, 1.82) is 0 Å². The van der Waals surface area contributed by atoms with E-state index in [1.165, 1.54) is 0 Å². The molecule has 0 aromatic heterocycles. The maximum absolute atomic E-state index is 11.7. The first-order valence-corrected chi connectivity index (χ1v) is 5.21. The maximum atomic E-state index is 11.7. The Hall–Kier alpha value is -0.570. The highest BCUT2D eigenvalue weighted by molar-refractivity contribution is 5.76. The van der Waals surface area contributed by atoms with Gasteiger partial charge < -0.3 is 10.5 Å². The second kappa shape index (κ2) is 4.78. The van der Waals surface area contributed by atoms with Crippen molar-refractivity contribution in [1.82, 2.24) is 0 Å². The van der Waals surface area contributed by atoms with E-state index in [0.717, 1.165) is 6.42 Å². The van der Waals surface area contributed by atoms with E-state index < -0.39 is 5.41 Å². The average molecular weight is 201 g/mol. The molecule has 0 aromatic carbocycles. The van der Waals surface area contributed by atoms with Gasteiger partial charge in [0, 0.05) is 5.54 Å². The number of carbonyl (C=O) groups excluding carboxylic acids is 1. The van der Waals surface area contributed by atoms with Crippen LogP contribution in [0.2, 0.25) is 0 Å². The number of esters is 1. The largest absolute Gasteiger partial charge is 0.466 e. The zero-order valence-electron chi connectivity index (χ0n) is 10.0. The third kappa shape index (κ3) is 4.09. The van der Waals surface area contributed by atoms with E-state index in [1.807, 2.05) is 34.6 Å². The second-order valence-electron chi connectivity index (χ2n) is 4.80. The molecule has 1 atom stereocenters. The van der Waals surface area contributed by atoms with E-state index >= 15 is 0 Å². The molecule has 1 unspecified atom stereocenters. The maximum Gasteiger partial charge on any atom is 0.311 e. The smallest absolute Gasteiger partial charge is 0.311 e. The van der Waals surface area contributed by atoms with Crippen LogP contribution in [0.15, 0.2) is 0 Å². The van der Waals surface area contributed by atoms with Crippen LogP contribution in [0.25, 0.3) is 0 Å². The van der Waals surface area contributed by atoms with Crippen molar-refractivity contribution >= 4 is 5.97 Å². The highest BCUT2D eigenvalue weighted by Crippen LogP contribution is 2.32. The zero-order chi connectivity index (χ0) is 11.4. The zero-order valence-corrected chi connectivity index (χ0v) is 10.0. The predicted octanol–water partition coefficient (Wildman–Crippen LogP) is 2.09. The molecule has 3 heteroatoms. The fourth-order valence-electron chi connectivity index (χ4n) is 1.65. The Balaban J connectivity index is 4.54. The van der Waals surface area contributed by atoms with Crippen LogP contribution < -0.4 is 5.73 Å². The van der Waals surface area contributed by atoms with E-state index in [2.05, 4.69) is 0 Å². The van der Waals surface area contributed by atoms with Crippen LogP contribution in [0.1, 0.15) is 47.5 Å². The Bertz CT molecular complexity index is 196. The molecule has 0 heterocycles. The summed E-state index contributed by atoms with van der Waals surface area (Å²) in [6.07, 6.45) is 1.40. The van der Waals surface area contributed by atoms with Gasteiger partial charge in [0.05, 0.1) is 12.0 Å². The van der Waals surface area contributed by atoms with Gasteiger partial charge in [-0.05, 0) is 40.5 Å². The van der Waals surface area contributed by atoms with Crippen LogP contribution in [0.4, 0.5) is 0 Å². The second-order valence-corrected chi connectivity index (χ2v) is 4.80. The summed E-state index contributed by atoms with van der Waals surface area (Å²) in [6, 6.07) is 0. The Labute approximate surface area is 87.0 Å². The third-order valence-corrected chi connectivity index (χ3v) is 2.39. The van der Waals surface area contributed by atoms with Gasteiger partial charge in [-0.2, -0.15) is 0 Å². The number of rotatable bonds is 5. The van der Waals surface area contributed by atoms with Crippen molar-refractivity contribution in [3.8, 4) is 0 Å². The number of ether oxygens (including phenoxy) is 1. The van der Waals surface area contributed by atoms with Crippen molar-refractivity contribution < 1.29 is 9.53 Å². The van der Waals surface area contributed by atoms with Crippen LogP contribution in [-0.4, -0.2) is 18.1 Å². The molecule has 0 radical (unpaired) electrons. The molecule has 2 N–H and O–H groups in total. The highest BCUT2D eigenvalue weighted by atomic mass is 16.5. The SMILES string of the molecule is CCOC(=O)C(C)(CC)CC(C)(C)N. The molecule has 84 valence electrons. The van der Waals surface area contributed by atoms with E-state index in [4.69, 9.17) is 10.5 Å². The molecular weight excluding hydrogens is 178 g/mol. The van der Waals surface area contributed by atoms with Gasteiger partial charge in [0.25, 0.3) is 0 Å². The lowest BCUT2D eigenvalue weighted by Crippen LogP contribution is -2.42. The molecule has 0 saturated heterocycles. The quantitative estimate of drug-likeness (QED) is 0.693. The lowest BCUT2D eigenvalue weighted by molar-refractivity contribution is -0.155. The Morgan fingerprint density at radius 3 is 2.07 bits per heavy atom. The Kier molecular flexibility index (Phi) is 4.59. The summed E-state index contributed by atoms with van der Waals surface area (Å²) in [5.74, 6) is -0.138. The van der Waals surface area contributed by atoms with Gasteiger partial charge in [-0.3, -0.25) is 4.79 Å². The minimum absolute atomic E-state index is 0.138. The number of hydrogen-bond acceptors (Lipinski definition) is 3. The van der Waals surface area contributed by atoms with Crippen LogP contribution in [0.5, 0.6) is 0 Å². The molecule has 0 aromatic rings. The number of hydrogen-bond donors (Lipinski definition) is 1. The van der Waals surface area contributed by atoms with Gasteiger partial charge in [-0.1, -0.05) is 6.92 Å². The first-order valence-electron chi connectivity index (χ1n) is 5.21. The van der Waals surface area contributed by atoms with E-state index in [1.54, 1.807) is 0 Å². The monoisotopic (exact) mass is 201 g/mol. The molecule has 0 aliphatic carbocycles. The summed E-state index contributed by atoms with van der Waals surface area (Å²) in [4.78, 5) is 11.7. The summed E-state index contributed by atoms with van der Waals surface area (Å²) in [6.45, 7) is 10.0. The minimum atomic E-state index is -0.450. The fraction of sp³-hybridized carbons (Fsp3) is 0.909. The van der Waals surface area contributed by atoms with E-state index in [-0.39, 0.29) is 11.5 Å². The fourth-order valence-corrected chi connectivity index (χ4v) is 1.65. The van der Waals surface area contributed by atoms with Crippen LogP contribution in [0, 0.1) is 5.41 Å².